The van der Waals surface area contributed by atoms with Crippen LogP contribution in [0.5, 0.6) is 17.2 Å². The van der Waals surface area contributed by atoms with Gasteiger partial charge < -0.3 is 14.2 Å². The SMILES string of the molecule is CCOc1ccc(C23CC4CC(CC(C4)C2)C3)cc1/C=C1/SC(=S)N(c2ccc3c(c2)OCO3)C1=O. The summed E-state index contributed by atoms with van der Waals surface area (Å²) in [7, 11) is 0. The molecular formula is C29H29NO4S2. The van der Waals surface area contributed by atoms with Gasteiger partial charge in [-0.25, -0.2) is 0 Å². The third-order valence-electron chi connectivity index (χ3n) is 8.65. The highest BCUT2D eigenvalue weighted by molar-refractivity contribution is 8.27. The van der Waals surface area contributed by atoms with Gasteiger partial charge in [0.2, 0.25) is 6.79 Å². The fraction of sp³-hybridized carbons (Fsp3) is 0.448. The molecule has 0 spiro atoms. The molecule has 2 aromatic carbocycles. The second-order valence-electron chi connectivity index (χ2n) is 10.9. The van der Waals surface area contributed by atoms with E-state index in [4.69, 9.17) is 26.4 Å². The van der Waals surface area contributed by atoms with E-state index < -0.39 is 0 Å². The molecule has 1 amide bonds. The van der Waals surface area contributed by atoms with Gasteiger partial charge in [0.1, 0.15) is 5.75 Å². The second kappa shape index (κ2) is 8.52. The molecule has 7 heteroatoms. The quantitative estimate of drug-likeness (QED) is 0.324. The molecule has 36 heavy (non-hydrogen) atoms. The van der Waals surface area contributed by atoms with E-state index in [1.165, 1.54) is 55.9 Å². The van der Waals surface area contributed by atoms with E-state index in [-0.39, 0.29) is 18.1 Å². The molecule has 0 unspecified atom stereocenters. The Morgan fingerprint density at radius 3 is 2.50 bits per heavy atom. The predicted octanol–water partition coefficient (Wildman–Crippen LogP) is 6.69. The number of amides is 1. The molecular weight excluding hydrogens is 490 g/mol. The van der Waals surface area contributed by atoms with Crippen molar-refractivity contribution in [2.75, 3.05) is 18.3 Å². The minimum Gasteiger partial charge on any atom is -0.493 e. The normalized spacial score (nSPS) is 31.1. The van der Waals surface area contributed by atoms with E-state index in [0.29, 0.717) is 33.0 Å². The predicted molar refractivity (Wildman–Crippen MR) is 146 cm³/mol. The number of rotatable bonds is 5. The Morgan fingerprint density at radius 1 is 1.06 bits per heavy atom. The molecule has 0 radical (unpaired) electrons. The number of ether oxygens (including phenoxy) is 3. The summed E-state index contributed by atoms with van der Waals surface area (Å²) in [6.07, 6.45) is 10.2. The molecule has 8 rings (SSSR count). The summed E-state index contributed by atoms with van der Waals surface area (Å²) < 4.78 is 17.4. The summed E-state index contributed by atoms with van der Waals surface area (Å²) in [5.74, 6) is 4.65. The summed E-state index contributed by atoms with van der Waals surface area (Å²) >= 11 is 6.97. The largest absolute Gasteiger partial charge is 0.493 e. The number of anilines is 1. The Labute approximate surface area is 221 Å². The molecule has 2 aliphatic heterocycles. The van der Waals surface area contributed by atoms with Gasteiger partial charge in [-0.1, -0.05) is 30.0 Å². The van der Waals surface area contributed by atoms with E-state index in [9.17, 15) is 4.79 Å². The molecule has 6 aliphatic rings. The van der Waals surface area contributed by atoms with Crippen LogP contribution < -0.4 is 19.1 Å². The first-order valence-corrected chi connectivity index (χ1v) is 14.2. The smallest absolute Gasteiger partial charge is 0.270 e. The lowest BCUT2D eigenvalue weighted by atomic mass is 9.48. The van der Waals surface area contributed by atoms with Gasteiger partial charge in [-0.2, -0.15) is 0 Å². The maximum absolute atomic E-state index is 13.5. The molecule has 4 saturated carbocycles. The summed E-state index contributed by atoms with van der Waals surface area (Å²) in [5, 5.41) is 0. The third kappa shape index (κ3) is 3.66. The molecule has 0 N–H and O–H groups in total. The fourth-order valence-corrected chi connectivity index (χ4v) is 8.89. The molecule has 0 aromatic heterocycles. The summed E-state index contributed by atoms with van der Waals surface area (Å²) in [6.45, 7) is 2.77. The number of carbonyl (C=O) groups excluding carboxylic acids is 1. The first-order valence-electron chi connectivity index (χ1n) is 13.0. The lowest BCUT2D eigenvalue weighted by molar-refractivity contribution is -0.113. The lowest BCUT2D eigenvalue weighted by Crippen LogP contribution is -2.48. The molecule has 4 bridgehead atoms. The minimum atomic E-state index is -0.119. The average molecular weight is 520 g/mol. The van der Waals surface area contributed by atoms with Gasteiger partial charge in [0.15, 0.2) is 15.8 Å². The van der Waals surface area contributed by atoms with Gasteiger partial charge in [0, 0.05) is 11.6 Å². The first-order chi connectivity index (χ1) is 17.5. The van der Waals surface area contributed by atoms with Crippen molar-refractivity contribution in [3.63, 3.8) is 0 Å². The van der Waals surface area contributed by atoms with Crippen molar-refractivity contribution in [1.29, 1.82) is 0 Å². The van der Waals surface area contributed by atoms with Crippen LogP contribution in [0.4, 0.5) is 5.69 Å². The van der Waals surface area contributed by atoms with Crippen LogP contribution in [0.3, 0.4) is 0 Å². The van der Waals surface area contributed by atoms with Crippen molar-refractivity contribution in [3.05, 3.63) is 52.4 Å². The molecule has 186 valence electrons. The second-order valence-corrected chi connectivity index (χ2v) is 12.6. The number of fused-ring (bicyclic) bond motifs is 1. The highest BCUT2D eigenvalue weighted by atomic mass is 32.2. The van der Waals surface area contributed by atoms with Crippen LogP contribution in [0.15, 0.2) is 41.3 Å². The van der Waals surface area contributed by atoms with E-state index in [2.05, 4.69) is 18.2 Å². The molecule has 2 aromatic rings. The van der Waals surface area contributed by atoms with Gasteiger partial charge in [0.25, 0.3) is 5.91 Å². The topological polar surface area (TPSA) is 48.0 Å². The van der Waals surface area contributed by atoms with E-state index in [0.717, 1.165) is 29.1 Å². The zero-order valence-electron chi connectivity index (χ0n) is 20.3. The molecule has 1 saturated heterocycles. The number of benzene rings is 2. The standard InChI is InChI=1S/C29H29NO4S2/c1-2-32-23-5-3-21(29-13-17-7-18(14-29)9-19(8-17)15-29)10-20(23)11-26-27(31)30(28(35)36-26)22-4-6-24-25(12-22)34-16-33-24/h3-6,10-12,17-19H,2,7-9,13-16H2,1H3/b26-11+. The molecule has 4 aliphatic carbocycles. The van der Waals surface area contributed by atoms with E-state index in [1.54, 1.807) is 4.90 Å². The number of hydrogen-bond donors (Lipinski definition) is 0. The van der Waals surface area contributed by atoms with Crippen molar-refractivity contribution in [2.24, 2.45) is 17.8 Å². The van der Waals surface area contributed by atoms with Crippen molar-refractivity contribution >= 4 is 46.0 Å². The van der Waals surface area contributed by atoms with Crippen LogP contribution >= 0.6 is 24.0 Å². The number of thioether (sulfide) groups is 1. The average Bonchev–Trinajstić information content (AvgIpc) is 3.42. The zero-order valence-corrected chi connectivity index (χ0v) is 22.0. The van der Waals surface area contributed by atoms with Crippen molar-refractivity contribution in [2.45, 2.75) is 50.9 Å². The Kier molecular flexibility index (Phi) is 5.37. The van der Waals surface area contributed by atoms with Gasteiger partial charge >= 0.3 is 0 Å². The number of nitrogens with zero attached hydrogens (tertiary/aromatic N) is 1. The van der Waals surface area contributed by atoms with Crippen molar-refractivity contribution < 1.29 is 19.0 Å². The monoisotopic (exact) mass is 519 g/mol. The number of carbonyl (C=O) groups is 1. The Morgan fingerprint density at radius 2 is 1.78 bits per heavy atom. The zero-order chi connectivity index (χ0) is 24.4. The van der Waals surface area contributed by atoms with Crippen molar-refractivity contribution in [3.8, 4) is 17.2 Å². The number of hydrogen-bond acceptors (Lipinski definition) is 6. The van der Waals surface area contributed by atoms with Gasteiger partial charge in [-0.15, -0.1) is 0 Å². The van der Waals surface area contributed by atoms with Crippen LogP contribution in [0.2, 0.25) is 0 Å². The van der Waals surface area contributed by atoms with E-state index in [1.807, 2.05) is 31.2 Å². The number of thiocarbonyl (C=S) groups is 1. The molecule has 5 nitrogen and oxygen atoms in total. The lowest BCUT2D eigenvalue weighted by Gasteiger charge is -2.57. The third-order valence-corrected chi connectivity index (χ3v) is 9.96. The van der Waals surface area contributed by atoms with Crippen molar-refractivity contribution in [1.82, 2.24) is 0 Å². The highest BCUT2D eigenvalue weighted by Crippen LogP contribution is 2.61. The Balaban J connectivity index is 1.23. The first kappa shape index (κ1) is 22.7. The molecule has 5 fully saturated rings. The fourth-order valence-electron chi connectivity index (χ4n) is 7.60. The summed E-state index contributed by atoms with van der Waals surface area (Å²) in [5.41, 5.74) is 3.37. The Hall–Kier alpha value is -2.51. The summed E-state index contributed by atoms with van der Waals surface area (Å²) in [6, 6.07) is 12.2. The van der Waals surface area contributed by atoms with E-state index >= 15 is 0 Å². The van der Waals surface area contributed by atoms with Crippen LogP contribution in [0, 0.1) is 17.8 Å². The van der Waals surface area contributed by atoms with Crippen LogP contribution in [-0.4, -0.2) is 23.6 Å². The van der Waals surface area contributed by atoms with Gasteiger partial charge in [-0.3, -0.25) is 9.69 Å². The van der Waals surface area contributed by atoms with Crippen LogP contribution in [0.25, 0.3) is 6.08 Å². The van der Waals surface area contributed by atoms with Gasteiger partial charge in [-0.05, 0) is 105 Å². The maximum Gasteiger partial charge on any atom is 0.270 e. The Bertz CT molecular complexity index is 1270. The minimum absolute atomic E-state index is 0.119. The molecule has 0 atom stereocenters. The van der Waals surface area contributed by atoms with Gasteiger partial charge in [0.05, 0.1) is 17.2 Å². The summed E-state index contributed by atoms with van der Waals surface area (Å²) in [4.78, 5) is 15.7. The maximum atomic E-state index is 13.5. The van der Waals surface area contributed by atoms with Crippen LogP contribution in [0.1, 0.15) is 56.6 Å². The van der Waals surface area contributed by atoms with Crippen LogP contribution in [-0.2, 0) is 10.2 Å². The molecule has 2 heterocycles. The highest BCUT2D eigenvalue weighted by Gasteiger charge is 2.51.